The van der Waals surface area contributed by atoms with Crippen LogP contribution in [-0.4, -0.2) is 24.9 Å². The zero-order chi connectivity index (χ0) is 31.3. The van der Waals surface area contributed by atoms with Gasteiger partial charge in [0.15, 0.2) is 0 Å². The van der Waals surface area contributed by atoms with Crippen molar-refractivity contribution in [2.45, 2.75) is 78.6 Å². The maximum Gasteiger partial charge on any atom is 0.536 e. The largest absolute Gasteiger partial charge is 0.536 e. The lowest BCUT2D eigenvalue weighted by atomic mass is 9.71. The quantitative estimate of drug-likeness (QED) is 0.176. The van der Waals surface area contributed by atoms with Crippen LogP contribution in [0.15, 0.2) is 48.5 Å². The zero-order valence-corrected chi connectivity index (χ0v) is 26.7. The third-order valence-corrected chi connectivity index (χ3v) is 8.66. The number of rotatable bonds is 6. The highest BCUT2D eigenvalue weighted by Crippen LogP contribution is 2.59. The minimum atomic E-state index is -5.38. The van der Waals surface area contributed by atoms with Gasteiger partial charge in [0.1, 0.15) is 17.2 Å². The summed E-state index contributed by atoms with van der Waals surface area (Å²) in [6.07, 6.45) is 0. The molecule has 3 aromatic carbocycles. The number of phosphoric ester groups is 1. The molecule has 0 aliphatic carbocycles. The summed E-state index contributed by atoms with van der Waals surface area (Å²) < 4.78 is 33.0. The van der Waals surface area contributed by atoms with Crippen molar-refractivity contribution >= 4 is 15.6 Å². The van der Waals surface area contributed by atoms with Crippen molar-refractivity contribution in [1.82, 2.24) is 0 Å². The Bertz CT molecular complexity index is 1550. The van der Waals surface area contributed by atoms with E-state index in [1.54, 1.807) is 12.1 Å². The van der Waals surface area contributed by atoms with Crippen molar-refractivity contribution in [3.63, 3.8) is 0 Å². The van der Waals surface area contributed by atoms with E-state index in [-0.39, 0.29) is 33.6 Å². The average Bonchev–Trinajstić information content (AvgIpc) is 2.74. The average molecular weight is 607 g/mol. The van der Waals surface area contributed by atoms with Gasteiger partial charge in [0.05, 0.1) is 5.56 Å². The molecule has 0 heterocycles. The van der Waals surface area contributed by atoms with E-state index in [1.807, 2.05) is 59.7 Å². The number of benzene rings is 3. The van der Waals surface area contributed by atoms with Gasteiger partial charge in [-0.15, -0.1) is 0 Å². The summed E-state index contributed by atoms with van der Waals surface area (Å²) in [5, 5.41) is 21.8. The minimum Gasteiger partial charge on any atom is -0.508 e. The van der Waals surface area contributed by atoms with Crippen molar-refractivity contribution in [1.29, 1.82) is 0 Å². The lowest BCUT2D eigenvalue weighted by Crippen LogP contribution is -2.21. The number of phosphoric acid groups is 2. The lowest BCUT2D eigenvalue weighted by molar-refractivity contribution is 0.229. The molecular weight excluding hydrogens is 566 g/mol. The summed E-state index contributed by atoms with van der Waals surface area (Å²) in [6, 6.07) is 13.2. The zero-order valence-electron chi connectivity index (χ0n) is 24.9. The summed E-state index contributed by atoms with van der Waals surface area (Å²) in [6.45, 7) is 18.3. The molecule has 0 spiro atoms. The Morgan fingerprint density at radius 2 is 1.24 bits per heavy atom. The molecule has 1 atom stereocenters. The molecule has 41 heavy (non-hydrogen) atoms. The highest BCUT2D eigenvalue weighted by Gasteiger charge is 2.36. The van der Waals surface area contributed by atoms with E-state index in [0.29, 0.717) is 5.56 Å². The molecule has 0 aliphatic rings. The van der Waals surface area contributed by atoms with Gasteiger partial charge in [0.2, 0.25) is 0 Å². The Labute approximate surface area is 241 Å². The molecule has 5 N–H and O–H groups in total. The molecule has 0 fully saturated rings. The van der Waals surface area contributed by atoms with Crippen molar-refractivity contribution in [2.75, 3.05) is 0 Å². The summed E-state index contributed by atoms with van der Waals surface area (Å²) in [5.74, 6) is -0.405. The third-order valence-electron chi connectivity index (χ3n) is 6.55. The fourth-order valence-corrected chi connectivity index (χ4v) is 6.56. The Kier molecular flexibility index (Phi) is 8.73. The molecule has 0 saturated heterocycles. The van der Waals surface area contributed by atoms with Gasteiger partial charge < -0.3 is 24.5 Å². The molecule has 1 unspecified atom stereocenters. The van der Waals surface area contributed by atoms with Gasteiger partial charge in [0.25, 0.3) is 0 Å². The Morgan fingerprint density at radius 3 is 1.76 bits per heavy atom. The van der Waals surface area contributed by atoms with E-state index >= 15 is 0 Å². The second-order valence-electron chi connectivity index (χ2n) is 13.2. The number of aromatic hydroxyl groups is 2. The van der Waals surface area contributed by atoms with E-state index < -0.39 is 21.1 Å². The van der Waals surface area contributed by atoms with Crippen LogP contribution in [-0.2, 0) is 29.7 Å². The van der Waals surface area contributed by atoms with Crippen molar-refractivity contribution in [3.05, 3.63) is 65.2 Å². The Morgan fingerprint density at radius 1 is 0.659 bits per heavy atom. The monoisotopic (exact) mass is 606 g/mol. The van der Waals surface area contributed by atoms with Crippen molar-refractivity contribution in [3.8, 4) is 39.5 Å². The van der Waals surface area contributed by atoms with E-state index in [9.17, 15) is 24.2 Å². The highest BCUT2D eigenvalue weighted by molar-refractivity contribution is 7.60. The molecule has 0 bridgehead atoms. The second kappa shape index (κ2) is 10.9. The highest BCUT2D eigenvalue weighted by atomic mass is 31.3. The van der Waals surface area contributed by atoms with Gasteiger partial charge in [-0.25, -0.2) is 9.13 Å². The standard InChI is InChI=1S/C30H40O9P2/c1-28(2,3)20-15-14-19(26-23(32)11-10-12-24(26)38-41(36,37)39-40(33,34)35)27(30(7,8)9)25(20)18-13-16-22(31)21(17-18)29(4,5)6/h10-17,31-32H,1-9H3,(H,36,37)(H2,33,34,35). The second-order valence-corrected chi connectivity index (χ2v) is 15.9. The third kappa shape index (κ3) is 7.61. The number of hydrogen-bond donors (Lipinski definition) is 5. The lowest BCUT2D eigenvalue weighted by Gasteiger charge is -2.33. The van der Waals surface area contributed by atoms with E-state index in [2.05, 4.69) is 25.1 Å². The fraction of sp³-hybridized carbons (Fsp3) is 0.400. The van der Waals surface area contributed by atoms with Crippen LogP contribution in [0.2, 0.25) is 0 Å². The van der Waals surface area contributed by atoms with Crippen LogP contribution in [0.5, 0.6) is 17.2 Å². The maximum atomic E-state index is 12.5. The number of phenolic OH excluding ortho intramolecular Hbond substituents is 2. The van der Waals surface area contributed by atoms with E-state index in [4.69, 9.17) is 14.3 Å². The summed E-state index contributed by atoms with van der Waals surface area (Å²) in [5.41, 5.74) is 3.51. The molecule has 0 radical (unpaired) electrons. The SMILES string of the molecule is CC(C)(C)c1cc(-c2c(C(C)(C)C)ccc(-c3c(O)cccc3OP(=O)(O)OP(=O)(O)O)c2C(C)(C)C)ccc1O. The van der Waals surface area contributed by atoms with Crippen LogP contribution in [0.25, 0.3) is 22.3 Å². The van der Waals surface area contributed by atoms with Crippen molar-refractivity contribution in [2.24, 2.45) is 0 Å². The first-order valence-electron chi connectivity index (χ1n) is 13.1. The fourth-order valence-electron chi connectivity index (χ4n) is 4.95. The van der Waals surface area contributed by atoms with E-state index in [0.717, 1.165) is 27.8 Å². The molecule has 3 rings (SSSR count). The predicted molar refractivity (Wildman–Crippen MR) is 160 cm³/mol. The first kappa shape index (κ1) is 32.9. The van der Waals surface area contributed by atoms with Gasteiger partial charge in [0, 0.05) is 0 Å². The molecule has 0 aromatic heterocycles. The molecule has 3 aromatic rings. The Balaban J connectivity index is 2.48. The first-order valence-corrected chi connectivity index (χ1v) is 16.1. The maximum absolute atomic E-state index is 12.5. The van der Waals surface area contributed by atoms with Crippen LogP contribution in [0.3, 0.4) is 0 Å². The van der Waals surface area contributed by atoms with E-state index in [1.165, 1.54) is 18.2 Å². The minimum absolute atomic E-state index is 0.0533. The Hall–Kier alpha value is -2.64. The van der Waals surface area contributed by atoms with Gasteiger partial charge in [-0.2, -0.15) is 4.31 Å². The smallest absolute Gasteiger partial charge is 0.508 e. The summed E-state index contributed by atoms with van der Waals surface area (Å²) in [4.78, 5) is 28.3. The topological polar surface area (TPSA) is 154 Å². The molecule has 9 nitrogen and oxygen atoms in total. The van der Waals surface area contributed by atoms with Crippen molar-refractivity contribution < 1.29 is 42.9 Å². The first-order chi connectivity index (χ1) is 18.4. The van der Waals surface area contributed by atoms with Gasteiger partial charge >= 0.3 is 15.6 Å². The van der Waals surface area contributed by atoms with Gasteiger partial charge in [-0.05, 0) is 73.9 Å². The van der Waals surface area contributed by atoms with Gasteiger partial charge in [-0.1, -0.05) is 86.6 Å². The normalized spacial score (nSPS) is 14.5. The number of phenols is 2. The predicted octanol–water partition coefficient (Wildman–Crippen LogP) is 7.91. The molecule has 224 valence electrons. The van der Waals surface area contributed by atoms with Crippen LogP contribution in [0, 0.1) is 0 Å². The molecule has 0 aliphatic heterocycles. The molecular formula is C30H40O9P2. The van der Waals surface area contributed by atoms with Crippen LogP contribution in [0.1, 0.15) is 79.0 Å². The van der Waals surface area contributed by atoms with Crippen LogP contribution >= 0.6 is 15.6 Å². The van der Waals surface area contributed by atoms with Gasteiger partial charge in [-0.3, -0.25) is 4.89 Å². The summed E-state index contributed by atoms with van der Waals surface area (Å²) in [7, 11) is -10.7. The molecule has 11 heteroatoms. The molecule has 0 saturated carbocycles. The number of hydrogen-bond acceptors (Lipinski definition) is 6. The summed E-state index contributed by atoms with van der Waals surface area (Å²) >= 11 is 0. The van der Waals surface area contributed by atoms with Crippen LogP contribution < -0.4 is 4.52 Å². The molecule has 0 amide bonds. The van der Waals surface area contributed by atoms with Crippen LogP contribution in [0.4, 0.5) is 0 Å².